The Morgan fingerprint density at radius 2 is 2.05 bits per heavy atom. The summed E-state index contributed by atoms with van der Waals surface area (Å²) in [5.74, 6) is 0.805. The van der Waals surface area contributed by atoms with E-state index in [0.29, 0.717) is 13.0 Å². The number of aliphatic hydroxyl groups excluding tert-OH is 1. The van der Waals surface area contributed by atoms with Gasteiger partial charge in [0.05, 0.1) is 18.5 Å². The Bertz CT molecular complexity index is 675. The van der Waals surface area contributed by atoms with Crippen molar-refractivity contribution < 1.29 is 9.52 Å². The molecule has 0 aliphatic carbocycles. The molecule has 108 valence electrons. The summed E-state index contributed by atoms with van der Waals surface area (Å²) in [7, 11) is 0. The van der Waals surface area contributed by atoms with Crippen LogP contribution in [0.15, 0.2) is 52.5 Å². The van der Waals surface area contributed by atoms with Gasteiger partial charge in [-0.1, -0.05) is 12.1 Å². The molecule has 3 rings (SSSR count). The van der Waals surface area contributed by atoms with E-state index < -0.39 is 0 Å². The molecular weight excluding hydrogens is 284 g/mol. The fourth-order valence-electron chi connectivity index (χ4n) is 2.01. The molecule has 0 atom stereocenters. The van der Waals surface area contributed by atoms with Gasteiger partial charge in [0.25, 0.3) is 0 Å². The van der Waals surface area contributed by atoms with E-state index in [4.69, 9.17) is 9.52 Å². The van der Waals surface area contributed by atoms with Crippen molar-refractivity contribution in [2.24, 2.45) is 0 Å². The predicted molar refractivity (Wildman–Crippen MR) is 84.4 cm³/mol. The van der Waals surface area contributed by atoms with E-state index in [1.807, 2.05) is 41.8 Å². The molecule has 0 saturated carbocycles. The molecule has 0 aliphatic heterocycles. The molecule has 4 nitrogen and oxygen atoms in total. The number of aromatic nitrogens is 1. The monoisotopic (exact) mass is 300 g/mol. The Hall–Kier alpha value is -2.11. The van der Waals surface area contributed by atoms with Crippen molar-refractivity contribution in [1.82, 2.24) is 4.98 Å². The van der Waals surface area contributed by atoms with Gasteiger partial charge in [0.1, 0.15) is 0 Å². The van der Waals surface area contributed by atoms with Crippen molar-refractivity contribution in [3.05, 3.63) is 59.3 Å². The Morgan fingerprint density at radius 3 is 2.76 bits per heavy atom. The van der Waals surface area contributed by atoms with Crippen LogP contribution in [0.1, 0.15) is 11.3 Å². The first kappa shape index (κ1) is 13.9. The molecule has 0 saturated heterocycles. The smallest absolute Gasteiger partial charge is 0.162 e. The highest BCUT2D eigenvalue weighted by molar-refractivity contribution is 7.13. The summed E-state index contributed by atoms with van der Waals surface area (Å²) in [5, 5.41) is 15.2. The number of furan rings is 1. The van der Waals surface area contributed by atoms with Crippen LogP contribution in [-0.4, -0.2) is 16.7 Å². The summed E-state index contributed by atoms with van der Waals surface area (Å²) in [6.07, 6.45) is 2.35. The normalized spacial score (nSPS) is 10.7. The van der Waals surface area contributed by atoms with Crippen LogP contribution in [0.5, 0.6) is 0 Å². The fraction of sp³-hybridized carbons (Fsp3) is 0.188. The lowest BCUT2D eigenvalue weighted by molar-refractivity contribution is 0.299. The lowest BCUT2D eigenvalue weighted by atomic mass is 10.1. The molecule has 0 amide bonds. The van der Waals surface area contributed by atoms with Gasteiger partial charge in [-0.3, -0.25) is 0 Å². The van der Waals surface area contributed by atoms with Crippen molar-refractivity contribution >= 4 is 17.0 Å². The quantitative estimate of drug-likeness (QED) is 0.731. The maximum atomic E-state index is 8.89. The van der Waals surface area contributed by atoms with E-state index in [2.05, 4.69) is 10.3 Å². The third-order valence-electron chi connectivity index (χ3n) is 3.11. The second-order valence-electron chi connectivity index (χ2n) is 4.65. The van der Waals surface area contributed by atoms with E-state index >= 15 is 0 Å². The van der Waals surface area contributed by atoms with Crippen molar-refractivity contribution in [3.63, 3.8) is 0 Å². The van der Waals surface area contributed by atoms with Gasteiger partial charge in [-0.2, -0.15) is 0 Å². The van der Waals surface area contributed by atoms with Gasteiger partial charge >= 0.3 is 0 Å². The molecule has 0 radical (unpaired) electrons. The maximum absolute atomic E-state index is 8.89. The largest absolute Gasteiger partial charge is 0.462 e. The van der Waals surface area contributed by atoms with Crippen LogP contribution in [0.2, 0.25) is 0 Å². The van der Waals surface area contributed by atoms with E-state index in [9.17, 15) is 0 Å². The first-order valence-electron chi connectivity index (χ1n) is 6.77. The van der Waals surface area contributed by atoms with Gasteiger partial charge in [-0.05, 0) is 36.2 Å². The van der Waals surface area contributed by atoms with Crippen LogP contribution < -0.4 is 5.32 Å². The minimum Gasteiger partial charge on any atom is -0.462 e. The Kier molecular flexibility index (Phi) is 4.33. The molecule has 1 aromatic carbocycles. The second-order valence-corrected chi connectivity index (χ2v) is 5.50. The number of hydrogen-bond acceptors (Lipinski definition) is 5. The molecule has 2 aromatic heterocycles. The minimum atomic E-state index is 0.182. The number of thiazole rings is 1. The lowest BCUT2D eigenvalue weighted by Gasteiger charge is -2.05. The highest BCUT2D eigenvalue weighted by Crippen LogP contribution is 2.24. The summed E-state index contributed by atoms with van der Waals surface area (Å²) < 4.78 is 5.34. The number of aliphatic hydroxyl groups is 1. The van der Waals surface area contributed by atoms with Gasteiger partial charge in [-0.25, -0.2) is 4.98 Å². The minimum absolute atomic E-state index is 0.182. The average Bonchev–Trinajstić information content (AvgIpc) is 3.18. The number of nitrogens with zero attached hydrogens (tertiary/aromatic N) is 1. The van der Waals surface area contributed by atoms with E-state index in [1.165, 1.54) is 0 Å². The van der Waals surface area contributed by atoms with Crippen LogP contribution in [0, 0.1) is 0 Å². The summed E-state index contributed by atoms with van der Waals surface area (Å²) in [4.78, 5) is 4.54. The number of hydrogen-bond donors (Lipinski definition) is 2. The van der Waals surface area contributed by atoms with Crippen LogP contribution in [0.25, 0.3) is 10.8 Å². The number of benzene rings is 1. The maximum Gasteiger partial charge on any atom is 0.162 e. The van der Waals surface area contributed by atoms with E-state index in [0.717, 1.165) is 27.7 Å². The van der Waals surface area contributed by atoms with Gasteiger partial charge in [-0.15, -0.1) is 11.3 Å². The third-order valence-corrected chi connectivity index (χ3v) is 4.02. The molecule has 3 aromatic rings. The first-order chi connectivity index (χ1) is 10.3. The lowest BCUT2D eigenvalue weighted by Crippen LogP contribution is -2.00. The highest BCUT2D eigenvalue weighted by Gasteiger charge is 2.06. The van der Waals surface area contributed by atoms with Crippen LogP contribution in [-0.2, 0) is 13.0 Å². The van der Waals surface area contributed by atoms with Gasteiger partial charge in [0.2, 0.25) is 0 Å². The zero-order valence-electron chi connectivity index (χ0n) is 11.5. The molecule has 21 heavy (non-hydrogen) atoms. The molecule has 2 N–H and O–H groups in total. The van der Waals surface area contributed by atoms with Crippen LogP contribution in [0.3, 0.4) is 0 Å². The molecule has 0 bridgehead atoms. The SMILES string of the molecule is OCCc1ccc(NCc2csc(-c3ccco3)n2)cc1. The van der Waals surface area contributed by atoms with E-state index in [1.54, 1.807) is 17.6 Å². The molecule has 2 heterocycles. The molecule has 0 spiro atoms. The number of nitrogens with one attached hydrogen (secondary N) is 1. The highest BCUT2D eigenvalue weighted by atomic mass is 32.1. The second kappa shape index (κ2) is 6.56. The van der Waals surface area contributed by atoms with Crippen LogP contribution >= 0.6 is 11.3 Å². The molecular formula is C16H16N2O2S. The van der Waals surface area contributed by atoms with Gasteiger partial charge in [0, 0.05) is 17.7 Å². The Balaban J connectivity index is 1.60. The molecule has 0 fully saturated rings. The first-order valence-corrected chi connectivity index (χ1v) is 7.65. The van der Waals surface area contributed by atoms with Gasteiger partial charge in [0.15, 0.2) is 10.8 Å². The molecule has 0 unspecified atom stereocenters. The summed E-state index contributed by atoms with van der Waals surface area (Å²) in [5.41, 5.74) is 3.17. The summed E-state index contributed by atoms with van der Waals surface area (Å²) >= 11 is 1.58. The van der Waals surface area contributed by atoms with Crippen molar-refractivity contribution in [1.29, 1.82) is 0 Å². The molecule has 0 aliphatic rings. The predicted octanol–water partition coefficient (Wildman–Crippen LogP) is 3.55. The zero-order valence-corrected chi connectivity index (χ0v) is 12.3. The van der Waals surface area contributed by atoms with Gasteiger partial charge < -0.3 is 14.8 Å². The van der Waals surface area contributed by atoms with E-state index in [-0.39, 0.29) is 6.61 Å². The van der Waals surface area contributed by atoms with Crippen LogP contribution in [0.4, 0.5) is 5.69 Å². The fourth-order valence-corrected chi connectivity index (χ4v) is 2.80. The summed E-state index contributed by atoms with van der Waals surface area (Å²) in [6, 6.07) is 11.9. The third kappa shape index (κ3) is 3.51. The standard InChI is InChI=1S/C16H16N2O2S/c19-8-7-12-3-5-13(6-4-12)17-10-14-11-21-16(18-14)15-2-1-9-20-15/h1-6,9,11,17,19H,7-8,10H2. The Morgan fingerprint density at radius 1 is 1.19 bits per heavy atom. The Labute approximate surface area is 127 Å². The zero-order chi connectivity index (χ0) is 14.5. The summed E-state index contributed by atoms with van der Waals surface area (Å²) in [6.45, 7) is 0.859. The topological polar surface area (TPSA) is 58.3 Å². The molecule has 5 heteroatoms. The average molecular weight is 300 g/mol. The van der Waals surface area contributed by atoms with Crippen molar-refractivity contribution in [3.8, 4) is 10.8 Å². The van der Waals surface area contributed by atoms with Crippen molar-refractivity contribution in [2.45, 2.75) is 13.0 Å². The number of rotatable bonds is 6. The number of anilines is 1. The van der Waals surface area contributed by atoms with Crippen molar-refractivity contribution in [2.75, 3.05) is 11.9 Å².